The van der Waals surface area contributed by atoms with Crippen molar-refractivity contribution in [2.75, 3.05) is 60.2 Å². The van der Waals surface area contributed by atoms with E-state index in [0.717, 1.165) is 25.2 Å². The van der Waals surface area contributed by atoms with Crippen LogP contribution in [-0.4, -0.2) is 86.8 Å². The van der Waals surface area contributed by atoms with Gasteiger partial charge in [-0.25, -0.2) is 0 Å². The lowest BCUT2D eigenvalue weighted by Crippen LogP contribution is -2.39. The fraction of sp³-hybridized carbons (Fsp3) is 0.400. The Morgan fingerprint density at radius 3 is 2.51 bits per heavy atom. The third kappa shape index (κ3) is 6.10. The molecule has 0 spiro atoms. The van der Waals surface area contributed by atoms with E-state index in [-0.39, 0.29) is 11.3 Å². The van der Waals surface area contributed by atoms with E-state index in [9.17, 15) is 14.7 Å². The largest absolute Gasteiger partial charge is 0.507 e. The minimum atomic E-state index is -0.793. The summed E-state index contributed by atoms with van der Waals surface area (Å²) >= 11 is 0. The number of benzene rings is 2. The molecular formula is C30H36N2O7. The predicted octanol–water partition coefficient (Wildman–Crippen LogP) is 3.72. The van der Waals surface area contributed by atoms with Gasteiger partial charge in [0, 0.05) is 31.7 Å². The molecule has 2 aromatic rings. The van der Waals surface area contributed by atoms with Gasteiger partial charge < -0.3 is 29.0 Å². The maximum atomic E-state index is 13.4. The zero-order chi connectivity index (χ0) is 27.9. The number of methoxy groups -OCH3 is 2. The van der Waals surface area contributed by atoms with Crippen LogP contribution in [0.2, 0.25) is 0 Å². The molecule has 1 atom stereocenters. The molecule has 2 fully saturated rings. The summed E-state index contributed by atoms with van der Waals surface area (Å²) < 4.78 is 22.0. The fourth-order valence-corrected chi connectivity index (χ4v) is 5.04. The highest BCUT2D eigenvalue weighted by Gasteiger charge is 2.46. The molecule has 9 nitrogen and oxygen atoms in total. The number of carbonyl (C=O) groups excluding carboxylic acids is 2. The van der Waals surface area contributed by atoms with Crippen LogP contribution in [0, 0.1) is 6.92 Å². The Morgan fingerprint density at radius 2 is 1.85 bits per heavy atom. The molecule has 4 rings (SSSR count). The van der Waals surface area contributed by atoms with Gasteiger partial charge in [0.1, 0.15) is 18.1 Å². The second-order valence-corrected chi connectivity index (χ2v) is 9.49. The minimum Gasteiger partial charge on any atom is -0.507 e. The Morgan fingerprint density at radius 1 is 1.08 bits per heavy atom. The Kier molecular flexibility index (Phi) is 9.27. The lowest BCUT2D eigenvalue weighted by atomic mass is 9.93. The summed E-state index contributed by atoms with van der Waals surface area (Å²) in [6.07, 6.45) is 2.30. The molecule has 0 aliphatic carbocycles. The number of aryl methyl sites for hydroxylation is 1. The van der Waals surface area contributed by atoms with Gasteiger partial charge in [-0.3, -0.25) is 14.5 Å². The van der Waals surface area contributed by atoms with Crippen LogP contribution >= 0.6 is 0 Å². The zero-order valence-electron chi connectivity index (χ0n) is 22.8. The van der Waals surface area contributed by atoms with Crippen LogP contribution in [0.1, 0.15) is 29.2 Å². The lowest BCUT2D eigenvalue weighted by Gasteiger charge is -2.29. The normalized spacial score (nSPS) is 19.3. The summed E-state index contributed by atoms with van der Waals surface area (Å²) in [5.41, 5.74) is 1.86. The van der Waals surface area contributed by atoms with Gasteiger partial charge in [-0.2, -0.15) is 0 Å². The standard InChI is InChI=1S/C30H36N2O7/c1-5-15-39-24-10-7-21(19-25(24)37-4)27-26(28(33)23-9-8-22(36-3)18-20(23)2)29(34)30(35)32(27)12-6-11-31-13-16-38-17-14-31/h5,7-10,18-19,27,33H,1,6,11-17H2,2-4H3. The summed E-state index contributed by atoms with van der Waals surface area (Å²) in [7, 11) is 3.09. The van der Waals surface area contributed by atoms with E-state index in [2.05, 4.69) is 11.5 Å². The molecule has 208 valence electrons. The summed E-state index contributed by atoms with van der Waals surface area (Å²) in [5.74, 6) is 0.0140. The molecule has 0 aromatic heterocycles. The maximum Gasteiger partial charge on any atom is 0.295 e. The first-order valence-electron chi connectivity index (χ1n) is 13.0. The number of Topliss-reactive ketones (excluding diaryl/α,β-unsaturated/α-hetero) is 1. The van der Waals surface area contributed by atoms with Gasteiger partial charge in [-0.05, 0) is 54.8 Å². The van der Waals surface area contributed by atoms with Gasteiger partial charge in [-0.15, -0.1) is 0 Å². The number of carbonyl (C=O) groups is 2. The van der Waals surface area contributed by atoms with E-state index >= 15 is 0 Å². The maximum absolute atomic E-state index is 13.4. The average Bonchev–Trinajstić information content (AvgIpc) is 3.21. The lowest BCUT2D eigenvalue weighted by molar-refractivity contribution is -0.140. The van der Waals surface area contributed by atoms with Crippen molar-refractivity contribution in [2.45, 2.75) is 19.4 Å². The number of rotatable bonds is 11. The first-order chi connectivity index (χ1) is 18.9. The second kappa shape index (κ2) is 12.8. The van der Waals surface area contributed by atoms with Gasteiger partial charge in [0.05, 0.1) is 39.0 Å². The minimum absolute atomic E-state index is 0.0430. The van der Waals surface area contributed by atoms with Crippen molar-refractivity contribution >= 4 is 17.4 Å². The van der Waals surface area contributed by atoms with Gasteiger partial charge in [0.15, 0.2) is 11.5 Å². The fourth-order valence-electron chi connectivity index (χ4n) is 5.04. The van der Waals surface area contributed by atoms with Crippen molar-refractivity contribution in [1.82, 2.24) is 9.80 Å². The summed E-state index contributed by atoms with van der Waals surface area (Å²) in [6, 6.07) is 9.67. The Balaban J connectivity index is 1.74. The smallest absolute Gasteiger partial charge is 0.295 e. The van der Waals surface area contributed by atoms with Crippen molar-refractivity contribution < 1.29 is 33.6 Å². The number of nitrogens with zero attached hydrogens (tertiary/aromatic N) is 2. The average molecular weight is 537 g/mol. The first-order valence-corrected chi connectivity index (χ1v) is 13.0. The molecule has 2 heterocycles. The predicted molar refractivity (Wildman–Crippen MR) is 147 cm³/mol. The molecule has 1 N–H and O–H groups in total. The molecule has 9 heteroatoms. The number of ether oxygens (including phenoxy) is 4. The second-order valence-electron chi connectivity index (χ2n) is 9.49. The van der Waals surface area contributed by atoms with E-state index in [1.165, 1.54) is 7.11 Å². The third-order valence-electron chi connectivity index (χ3n) is 7.07. The molecule has 0 radical (unpaired) electrons. The van der Waals surface area contributed by atoms with Gasteiger partial charge >= 0.3 is 0 Å². The third-order valence-corrected chi connectivity index (χ3v) is 7.07. The van der Waals surface area contributed by atoms with E-state index in [4.69, 9.17) is 18.9 Å². The van der Waals surface area contributed by atoms with Crippen LogP contribution in [-0.2, 0) is 14.3 Å². The Labute approximate surface area is 229 Å². The molecule has 2 aliphatic heterocycles. The van der Waals surface area contributed by atoms with E-state index < -0.39 is 17.7 Å². The Bertz CT molecular complexity index is 1250. The molecule has 1 amide bonds. The first kappa shape index (κ1) is 28.2. The number of amides is 1. The molecule has 2 aromatic carbocycles. The van der Waals surface area contributed by atoms with Crippen molar-refractivity contribution in [3.05, 3.63) is 71.3 Å². The van der Waals surface area contributed by atoms with E-state index in [1.807, 2.05) is 6.92 Å². The molecule has 2 aliphatic rings. The van der Waals surface area contributed by atoms with Gasteiger partial charge in [0.2, 0.25) is 0 Å². The van der Waals surface area contributed by atoms with Crippen LogP contribution < -0.4 is 14.2 Å². The molecule has 0 saturated carbocycles. The molecule has 2 saturated heterocycles. The van der Waals surface area contributed by atoms with E-state index in [0.29, 0.717) is 61.2 Å². The Hall–Kier alpha value is -3.82. The monoisotopic (exact) mass is 536 g/mol. The highest BCUT2D eigenvalue weighted by molar-refractivity contribution is 6.46. The highest BCUT2D eigenvalue weighted by atomic mass is 16.5. The number of likely N-dealkylation sites (tertiary alicyclic amines) is 1. The van der Waals surface area contributed by atoms with Crippen LogP contribution in [0.15, 0.2) is 54.6 Å². The van der Waals surface area contributed by atoms with Gasteiger partial charge in [0.25, 0.3) is 11.7 Å². The topological polar surface area (TPSA) is 97.8 Å². The number of hydrogen-bond donors (Lipinski definition) is 1. The molecular weight excluding hydrogens is 500 g/mol. The van der Waals surface area contributed by atoms with Crippen molar-refractivity contribution in [3.63, 3.8) is 0 Å². The van der Waals surface area contributed by atoms with Crippen LogP contribution in [0.5, 0.6) is 17.2 Å². The number of aliphatic hydroxyl groups is 1. The molecule has 0 bridgehead atoms. The van der Waals surface area contributed by atoms with E-state index in [1.54, 1.807) is 54.5 Å². The van der Waals surface area contributed by atoms with Crippen molar-refractivity contribution in [1.29, 1.82) is 0 Å². The number of hydrogen-bond acceptors (Lipinski definition) is 8. The van der Waals surface area contributed by atoms with Crippen LogP contribution in [0.3, 0.4) is 0 Å². The van der Waals surface area contributed by atoms with Crippen LogP contribution in [0.25, 0.3) is 5.76 Å². The van der Waals surface area contributed by atoms with Crippen LogP contribution in [0.4, 0.5) is 0 Å². The summed E-state index contributed by atoms with van der Waals surface area (Å²) in [5, 5.41) is 11.5. The number of aliphatic hydroxyl groups excluding tert-OH is 1. The number of morpholine rings is 1. The quantitative estimate of drug-likeness (QED) is 0.201. The summed E-state index contributed by atoms with van der Waals surface area (Å²) in [6.45, 7) is 9.96. The van der Waals surface area contributed by atoms with Crippen molar-refractivity contribution in [3.8, 4) is 17.2 Å². The zero-order valence-corrected chi connectivity index (χ0v) is 22.8. The van der Waals surface area contributed by atoms with Gasteiger partial charge in [-0.1, -0.05) is 18.7 Å². The molecule has 1 unspecified atom stereocenters. The number of ketones is 1. The molecule has 39 heavy (non-hydrogen) atoms. The SMILES string of the molecule is C=CCOc1ccc(C2C(=C(O)c3ccc(OC)cc3C)C(=O)C(=O)N2CCCN2CCOCC2)cc1OC. The summed E-state index contributed by atoms with van der Waals surface area (Å²) in [4.78, 5) is 30.7. The van der Waals surface area contributed by atoms with Crippen molar-refractivity contribution in [2.24, 2.45) is 0 Å². The highest BCUT2D eigenvalue weighted by Crippen LogP contribution is 2.42.